The van der Waals surface area contributed by atoms with Crippen LogP contribution >= 0.6 is 15.9 Å². The number of nitrogens with zero attached hydrogens (tertiary/aromatic N) is 2. The number of benzene rings is 2. The number of anilines is 1. The lowest BCUT2D eigenvalue weighted by atomic mass is 10.1. The van der Waals surface area contributed by atoms with Gasteiger partial charge in [-0.2, -0.15) is 0 Å². The van der Waals surface area contributed by atoms with Crippen LogP contribution in [0.25, 0.3) is 0 Å². The van der Waals surface area contributed by atoms with Gasteiger partial charge in [0.15, 0.2) is 0 Å². The Morgan fingerprint density at radius 2 is 1.77 bits per heavy atom. The molecule has 0 unspecified atom stereocenters. The zero-order chi connectivity index (χ0) is 26.2. The van der Waals surface area contributed by atoms with Crippen LogP contribution in [0.5, 0.6) is 5.75 Å². The summed E-state index contributed by atoms with van der Waals surface area (Å²) in [6, 6.07) is 13.2. The van der Waals surface area contributed by atoms with Crippen LogP contribution in [0.2, 0.25) is 0 Å². The molecule has 1 N–H and O–H groups in total. The number of hydrogen-bond acceptors (Lipinski definition) is 5. The maximum atomic E-state index is 13.6. The van der Waals surface area contributed by atoms with Gasteiger partial charge in [0.05, 0.1) is 18.6 Å². The summed E-state index contributed by atoms with van der Waals surface area (Å²) in [4.78, 5) is 28.0. The summed E-state index contributed by atoms with van der Waals surface area (Å²) in [5.41, 5.74) is 1.07. The van der Waals surface area contributed by atoms with Gasteiger partial charge in [0.2, 0.25) is 21.8 Å². The summed E-state index contributed by atoms with van der Waals surface area (Å²) in [6.07, 6.45) is 1.79. The smallest absolute Gasteiger partial charge is 0.244 e. The standard InChI is InChI=1S/C25H34BrN3O5S/c1-6-18(3)27-25(31)19(4)28(16-20-11-10-12-21(26)15-20)24(30)17-29(35(5,32)33)22-13-8-9-14-23(22)34-7-2/h8-15,18-19H,6-7,16-17H2,1-5H3,(H,27,31)/t18-,19-/m1/s1. The number of hydrogen-bond donors (Lipinski definition) is 1. The highest BCUT2D eigenvalue weighted by molar-refractivity contribution is 9.10. The molecule has 0 radical (unpaired) electrons. The van der Waals surface area contributed by atoms with Crippen molar-refractivity contribution in [1.29, 1.82) is 0 Å². The number of amides is 2. The van der Waals surface area contributed by atoms with Gasteiger partial charge < -0.3 is 15.0 Å². The minimum absolute atomic E-state index is 0.0571. The van der Waals surface area contributed by atoms with E-state index in [1.54, 1.807) is 38.1 Å². The Morgan fingerprint density at radius 3 is 2.37 bits per heavy atom. The van der Waals surface area contributed by atoms with E-state index in [0.29, 0.717) is 12.4 Å². The minimum atomic E-state index is -3.84. The number of rotatable bonds is 12. The molecule has 35 heavy (non-hydrogen) atoms. The van der Waals surface area contributed by atoms with E-state index >= 15 is 0 Å². The van der Waals surface area contributed by atoms with Crippen LogP contribution in [-0.4, -0.2) is 56.6 Å². The van der Waals surface area contributed by atoms with Crippen LogP contribution in [0.3, 0.4) is 0 Å². The summed E-state index contributed by atoms with van der Waals surface area (Å²) in [5, 5.41) is 2.91. The van der Waals surface area contributed by atoms with Gasteiger partial charge in [0.1, 0.15) is 18.3 Å². The number of carbonyl (C=O) groups is 2. The fourth-order valence-corrected chi connectivity index (χ4v) is 4.72. The first-order valence-electron chi connectivity index (χ1n) is 11.5. The van der Waals surface area contributed by atoms with E-state index in [1.807, 2.05) is 38.1 Å². The lowest BCUT2D eigenvalue weighted by molar-refractivity contribution is -0.139. The third-order valence-corrected chi connectivity index (χ3v) is 7.14. The minimum Gasteiger partial charge on any atom is -0.492 e. The Labute approximate surface area is 216 Å². The van der Waals surface area contributed by atoms with E-state index in [2.05, 4.69) is 21.2 Å². The van der Waals surface area contributed by atoms with E-state index in [-0.39, 0.29) is 24.2 Å². The Hall–Kier alpha value is -2.59. The molecule has 0 spiro atoms. The second-order valence-corrected chi connectivity index (χ2v) is 11.1. The number of halogens is 1. The summed E-state index contributed by atoms with van der Waals surface area (Å²) < 4.78 is 33.0. The van der Waals surface area contributed by atoms with Gasteiger partial charge in [-0.15, -0.1) is 0 Å². The van der Waals surface area contributed by atoms with Crippen molar-refractivity contribution in [3.63, 3.8) is 0 Å². The molecule has 8 nitrogen and oxygen atoms in total. The monoisotopic (exact) mass is 567 g/mol. The van der Waals surface area contributed by atoms with Crippen molar-refractivity contribution in [3.05, 3.63) is 58.6 Å². The van der Waals surface area contributed by atoms with E-state index in [0.717, 1.165) is 27.0 Å². The second kappa shape index (κ2) is 12.9. The molecular weight excluding hydrogens is 534 g/mol. The van der Waals surface area contributed by atoms with Crippen molar-refractivity contribution < 1.29 is 22.7 Å². The first-order valence-corrected chi connectivity index (χ1v) is 14.2. The molecule has 192 valence electrons. The van der Waals surface area contributed by atoms with Crippen LogP contribution < -0.4 is 14.4 Å². The molecule has 0 aliphatic carbocycles. The molecule has 0 heterocycles. The van der Waals surface area contributed by atoms with E-state index in [1.165, 1.54) is 4.90 Å². The quantitative estimate of drug-likeness (QED) is 0.419. The van der Waals surface area contributed by atoms with Crippen LogP contribution in [0.15, 0.2) is 53.0 Å². The van der Waals surface area contributed by atoms with Crippen molar-refractivity contribution in [1.82, 2.24) is 10.2 Å². The zero-order valence-corrected chi connectivity index (χ0v) is 23.2. The normalized spacial score (nSPS) is 13.0. The topological polar surface area (TPSA) is 96.0 Å². The molecule has 0 saturated heterocycles. The molecule has 2 aromatic rings. The molecule has 0 aliphatic rings. The SMILES string of the molecule is CCOc1ccccc1N(CC(=O)N(Cc1cccc(Br)c1)[C@H](C)C(=O)N[C@H](C)CC)S(C)(=O)=O. The Bertz CT molecular complexity index is 1130. The number of nitrogens with one attached hydrogen (secondary N) is 1. The molecule has 0 aromatic heterocycles. The van der Waals surface area contributed by atoms with Crippen LogP contribution in [0.4, 0.5) is 5.69 Å². The van der Waals surface area contributed by atoms with E-state index in [9.17, 15) is 18.0 Å². The maximum Gasteiger partial charge on any atom is 0.244 e. The summed E-state index contributed by atoms with van der Waals surface area (Å²) in [6.45, 7) is 7.29. The van der Waals surface area contributed by atoms with Gasteiger partial charge >= 0.3 is 0 Å². The Kier molecular flexibility index (Phi) is 10.6. The van der Waals surface area contributed by atoms with Gasteiger partial charge in [-0.3, -0.25) is 13.9 Å². The average molecular weight is 569 g/mol. The molecule has 2 aromatic carbocycles. The fourth-order valence-electron chi connectivity index (χ4n) is 3.42. The zero-order valence-electron chi connectivity index (χ0n) is 20.8. The van der Waals surface area contributed by atoms with Gasteiger partial charge in [0.25, 0.3) is 0 Å². The molecule has 2 atom stereocenters. The predicted molar refractivity (Wildman–Crippen MR) is 142 cm³/mol. The van der Waals surface area contributed by atoms with Gasteiger partial charge in [-0.1, -0.05) is 47.1 Å². The van der Waals surface area contributed by atoms with Crippen molar-refractivity contribution >= 4 is 43.5 Å². The fraction of sp³-hybridized carbons (Fsp3) is 0.440. The lowest BCUT2D eigenvalue weighted by Crippen LogP contribution is -2.52. The third-order valence-electron chi connectivity index (χ3n) is 5.52. The number of ether oxygens (including phenoxy) is 1. The van der Waals surface area contributed by atoms with Crippen molar-refractivity contribution in [2.75, 3.05) is 23.7 Å². The Balaban J connectivity index is 2.43. The van der Waals surface area contributed by atoms with E-state index in [4.69, 9.17) is 4.74 Å². The van der Waals surface area contributed by atoms with Crippen LogP contribution in [-0.2, 0) is 26.2 Å². The molecular formula is C25H34BrN3O5S. The summed E-state index contributed by atoms with van der Waals surface area (Å²) in [7, 11) is -3.84. The average Bonchev–Trinajstić information content (AvgIpc) is 2.80. The van der Waals surface area contributed by atoms with E-state index < -0.39 is 28.5 Å². The number of para-hydroxylation sites is 2. The molecule has 0 aliphatic heterocycles. The van der Waals surface area contributed by atoms with Crippen molar-refractivity contribution in [2.24, 2.45) is 0 Å². The second-order valence-electron chi connectivity index (χ2n) is 8.32. The largest absolute Gasteiger partial charge is 0.492 e. The first-order chi connectivity index (χ1) is 16.5. The lowest BCUT2D eigenvalue weighted by Gasteiger charge is -2.32. The van der Waals surface area contributed by atoms with Crippen LogP contribution in [0, 0.1) is 0 Å². The molecule has 2 amide bonds. The third kappa shape index (κ3) is 8.24. The summed E-state index contributed by atoms with van der Waals surface area (Å²) in [5.74, 6) is -0.453. The highest BCUT2D eigenvalue weighted by Crippen LogP contribution is 2.30. The van der Waals surface area contributed by atoms with Crippen molar-refractivity contribution in [2.45, 2.75) is 52.7 Å². The molecule has 0 fully saturated rings. The Morgan fingerprint density at radius 1 is 1.09 bits per heavy atom. The molecule has 2 rings (SSSR count). The molecule has 0 saturated carbocycles. The molecule has 0 bridgehead atoms. The van der Waals surface area contributed by atoms with Gasteiger partial charge in [0, 0.05) is 17.1 Å². The van der Waals surface area contributed by atoms with Gasteiger partial charge in [-0.25, -0.2) is 8.42 Å². The highest BCUT2D eigenvalue weighted by Gasteiger charge is 2.31. The first kappa shape index (κ1) is 28.6. The van der Waals surface area contributed by atoms with Crippen LogP contribution in [0.1, 0.15) is 39.7 Å². The van der Waals surface area contributed by atoms with Gasteiger partial charge in [-0.05, 0) is 57.0 Å². The summed E-state index contributed by atoms with van der Waals surface area (Å²) >= 11 is 3.43. The highest BCUT2D eigenvalue weighted by atomic mass is 79.9. The number of carbonyl (C=O) groups excluding carboxylic acids is 2. The maximum absolute atomic E-state index is 13.6. The predicted octanol–water partition coefficient (Wildman–Crippen LogP) is 3.95. The van der Waals surface area contributed by atoms with Crippen molar-refractivity contribution in [3.8, 4) is 5.75 Å². The molecule has 10 heteroatoms. The number of sulfonamides is 1.